The fourth-order valence-corrected chi connectivity index (χ4v) is 4.22. The number of aryl methyl sites for hydroxylation is 2. The number of para-hydroxylation sites is 1. The molecule has 0 spiro atoms. The highest BCUT2D eigenvalue weighted by molar-refractivity contribution is 6.21. The zero-order valence-electron chi connectivity index (χ0n) is 18.6. The number of hydrogen-bond acceptors (Lipinski definition) is 4. The Bertz CT molecular complexity index is 1010. The van der Waals surface area contributed by atoms with E-state index in [2.05, 4.69) is 6.07 Å². The van der Waals surface area contributed by atoms with Crippen molar-refractivity contribution in [2.75, 3.05) is 31.1 Å². The number of unbranched alkanes of at least 4 members (excludes halogenated alkanes) is 1. The van der Waals surface area contributed by atoms with E-state index in [0.29, 0.717) is 31.8 Å². The third kappa shape index (κ3) is 4.47. The quantitative estimate of drug-likeness (QED) is 0.493. The van der Waals surface area contributed by atoms with E-state index in [0.717, 1.165) is 29.7 Å². The number of piperazine rings is 1. The van der Waals surface area contributed by atoms with Crippen molar-refractivity contribution in [2.45, 2.75) is 39.2 Å². The van der Waals surface area contributed by atoms with Crippen molar-refractivity contribution in [3.8, 4) is 5.75 Å². The lowest BCUT2D eigenvalue weighted by molar-refractivity contribution is -0.135. The maximum atomic E-state index is 12.9. The molecule has 168 valence electrons. The highest BCUT2D eigenvalue weighted by Gasteiger charge is 2.48. The van der Waals surface area contributed by atoms with Gasteiger partial charge in [-0.3, -0.25) is 9.59 Å². The number of imide groups is 1. The summed E-state index contributed by atoms with van der Waals surface area (Å²) >= 11 is 0. The van der Waals surface area contributed by atoms with E-state index in [1.807, 2.05) is 32.0 Å². The molecule has 4 rings (SSSR count). The molecule has 0 aliphatic carbocycles. The zero-order chi connectivity index (χ0) is 22.7. The molecule has 1 unspecified atom stereocenters. The van der Waals surface area contributed by atoms with Gasteiger partial charge in [-0.25, -0.2) is 9.69 Å². The lowest BCUT2D eigenvalue weighted by Crippen LogP contribution is -2.54. The Morgan fingerprint density at radius 3 is 2.59 bits per heavy atom. The van der Waals surface area contributed by atoms with Crippen LogP contribution in [0.1, 0.15) is 30.4 Å². The summed E-state index contributed by atoms with van der Waals surface area (Å²) in [7, 11) is 0. The highest BCUT2D eigenvalue weighted by atomic mass is 16.5. The summed E-state index contributed by atoms with van der Waals surface area (Å²) < 4.78 is 5.86. The van der Waals surface area contributed by atoms with Gasteiger partial charge < -0.3 is 14.5 Å². The van der Waals surface area contributed by atoms with Gasteiger partial charge in [-0.05, 0) is 56.0 Å². The van der Waals surface area contributed by atoms with Crippen LogP contribution in [0.25, 0.3) is 0 Å². The Kier molecular flexibility index (Phi) is 6.44. The second-order valence-electron chi connectivity index (χ2n) is 8.42. The molecule has 2 aliphatic heterocycles. The molecule has 2 aliphatic rings. The van der Waals surface area contributed by atoms with Gasteiger partial charge in [0.2, 0.25) is 5.91 Å². The number of hydrogen-bond donors (Lipinski definition) is 0. The van der Waals surface area contributed by atoms with E-state index >= 15 is 0 Å². The minimum atomic E-state index is -0.604. The Hall–Kier alpha value is -3.35. The van der Waals surface area contributed by atoms with Crippen LogP contribution in [0.15, 0.2) is 48.5 Å². The van der Waals surface area contributed by atoms with Crippen LogP contribution in [-0.4, -0.2) is 59.9 Å². The van der Waals surface area contributed by atoms with Gasteiger partial charge in [-0.2, -0.15) is 0 Å². The number of anilines is 1. The summed E-state index contributed by atoms with van der Waals surface area (Å²) in [5, 5.41) is 0. The van der Waals surface area contributed by atoms with Crippen LogP contribution in [0.3, 0.4) is 0 Å². The molecule has 0 bridgehead atoms. The summed E-state index contributed by atoms with van der Waals surface area (Å²) in [4.78, 5) is 42.9. The second kappa shape index (κ2) is 9.42. The first-order valence-corrected chi connectivity index (χ1v) is 11.1. The minimum absolute atomic E-state index is 0.0230. The summed E-state index contributed by atoms with van der Waals surface area (Å²) in [6.45, 7) is 5.70. The maximum Gasteiger partial charge on any atom is 0.332 e. The van der Waals surface area contributed by atoms with E-state index < -0.39 is 6.04 Å². The third-order valence-electron chi connectivity index (χ3n) is 6.08. The SMILES string of the molecule is Cc1ccc(C)c(OCCCCC(=O)N2CCN3C(=O)N(c4ccccc4)C(=O)C3C2)c1. The number of carbonyl (C=O) groups excluding carboxylic acids is 3. The molecule has 1 atom stereocenters. The van der Waals surface area contributed by atoms with Gasteiger partial charge in [0.05, 0.1) is 18.8 Å². The fourth-order valence-electron chi connectivity index (χ4n) is 4.22. The van der Waals surface area contributed by atoms with E-state index in [1.54, 1.807) is 34.1 Å². The van der Waals surface area contributed by atoms with Gasteiger partial charge in [0, 0.05) is 19.5 Å². The van der Waals surface area contributed by atoms with Gasteiger partial charge in [0.1, 0.15) is 11.8 Å². The average molecular weight is 436 g/mol. The number of urea groups is 1. The van der Waals surface area contributed by atoms with Crippen molar-refractivity contribution >= 4 is 23.5 Å². The first-order chi connectivity index (χ1) is 15.5. The molecule has 32 heavy (non-hydrogen) atoms. The molecule has 0 aromatic heterocycles. The van der Waals surface area contributed by atoms with Crippen molar-refractivity contribution in [3.05, 3.63) is 59.7 Å². The molecule has 2 aromatic rings. The first-order valence-electron chi connectivity index (χ1n) is 11.1. The predicted octanol–water partition coefficient (Wildman–Crippen LogP) is 3.53. The molecule has 2 saturated heterocycles. The Morgan fingerprint density at radius 2 is 1.81 bits per heavy atom. The zero-order valence-corrected chi connectivity index (χ0v) is 18.6. The van der Waals surface area contributed by atoms with Gasteiger partial charge in [-0.1, -0.05) is 30.3 Å². The van der Waals surface area contributed by atoms with E-state index in [1.165, 1.54) is 4.90 Å². The van der Waals surface area contributed by atoms with Crippen LogP contribution in [0.5, 0.6) is 5.75 Å². The number of ether oxygens (including phenoxy) is 1. The first kappa shape index (κ1) is 21.9. The van der Waals surface area contributed by atoms with Crippen LogP contribution in [-0.2, 0) is 9.59 Å². The predicted molar refractivity (Wildman–Crippen MR) is 122 cm³/mol. The van der Waals surface area contributed by atoms with Gasteiger partial charge >= 0.3 is 6.03 Å². The molecular formula is C25H29N3O4. The van der Waals surface area contributed by atoms with Crippen molar-refractivity contribution in [1.29, 1.82) is 0 Å². The number of nitrogens with zero attached hydrogens (tertiary/aromatic N) is 3. The van der Waals surface area contributed by atoms with Crippen molar-refractivity contribution in [3.63, 3.8) is 0 Å². The van der Waals surface area contributed by atoms with Gasteiger partial charge in [0.15, 0.2) is 0 Å². The number of amides is 4. The average Bonchev–Trinajstić information content (AvgIpc) is 3.05. The number of carbonyl (C=O) groups is 3. The lowest BCUT2D eigenvalue weighted by Gasteiger charge is -2.35. The molecular weight excluding hydrogens is 406 g/mol. The molecule has 0 N–H and O–H groups in total. The summed E-state index contributed by atoms with van der Waals surface area (Å²) in [6.07, 6.45) is 1.91. The van der Waals surface area contributed by atoms with Crippen LogP contribution in [0, 0.1) is 13.8 Å². The topological polar surface area (TPSA) is 70.2 Å². The Labute approximate surface area is 188 Å². The molecule has 0 saturated carbocycles. The number of benzene rings is 2. The van der Waals surface area contributed by atoms with Gasteiger partial charge in [-0.15, -0.1) is 0 Å². The van der Waals surface area contributed by atoms with Crippen molar-refractivity contribution in [1.82, 2.24) is 9.80 Å². The Morgan fingerprint density at radius 1 is 1.03 bits per heavy atom. The van der Waals surface area contributed by atoms with Crippen molar-refractivity contribution < 1.29 is 19.1 Å². The van der Waals surface area contributed by atoms with Crippen molar-refractivity contribution in [2.24, 2.45) is 0 Å². The highest BCUT2D eigenvalue weighted by Crippen LogP contribution is 2.27. The summed E-state index contributed by atoms with van der Waals surface area (Å²) in [5.74, 6) is 0.648. The lowest BCUT2D eigenvalue weighted by atomic mass is 10.1. The normalized spacial score (nSPS) is 18.2. The van der Waals surface area contributed by atoms with E-state index in [9.17, 15) is 14.4 Å². The van der Waals surface area contributed by atoms with Gasteiger partial charge in [0.25, 0.3) is 5.91 Å². The van der Waals surface area contributed by atoms with E-state index in [-0.39, 0.29) is 24.4 Å². The summed E-state index contributed by atoms with van der Waals surface area (Å²) in [5.41, 5.74) is 2.83. The number of rotatable bonds is 7. The van der Waals surface area contributed by atoms with Crippen LogP contribution >= 0.6 is 0 Å². The smallest absolute Gasteiger partial charge is 0.332 e. The molecule has 2 aromatic carbocycles. The molecule has 7 heteroatoms. The molecule has 2 fully saturated rings. The second-order valence-corrected chi connectivity index (χ2v) is 8.42. The molecule has 2 heterocycles. The van der Waals surface area contributed by atoms with Crippen LogP contribution in [0.2, 0.25) is 0 Å². The minimum Gasteiger partial charge on any atom is -0.493 e. The third-order valence-corrected chi connectivity index (χ3v) is 6.08. The van der Waals surface area contributed by atoms with Crippen LogP contribution < -0.4 is 9.64 Å². The molecule has 4 amide bonds. The maximum absolute atomic E-state index is 12.9. The van der Waals surface area contributed by atoms with E-state index in [4.69, 9.17) is 4.74 Å². The largest absolute Gasteiger partial charge is 0.493 e. The monoisotopic (exact) mass is 435 g/mol. The number of fused-ring (bicyclic) bond motifs is 1. The fraction of sp³-hybridized carbons (Fsp3) is 0.400. The Balaban J connectivity index is 1.26. The summed E-state index contributed by atoms with van der Waals surface area (Å²) in [6, 6.07) is 14.2. The molecule has 0 radical (unpaired) electrons. The van der Waals surface area contributed by atoms with Crippen LogP contribution in [0.4, 0.5) is 10.5 Å². The standard InChI is InChI=1S/C25H29N3O4/c1-18-11-12-19(2)22(16-18)32-15-7-6-10-23(29)26-13-14-27-21(17-26)24(30)28(25(27)31)20-8-4-3-5-9-20/h3-5,8-9,11-12,16,21H,6-7,10,13-15,17H2,1-2H3. The molecule has 7 nitrogen and oxygen atoms in total.